The molecule has 0 aromatic heterocycles. The SMILES string of the molecule is CC1CCCC(CN)(NN2CCOCC2)C1C. The lowest BCUT2D eigenvalue weighted by Crippen LogP contribution is -2.65. The standard InChI is InChI=1S/C13H27N3O/c1-11-4-3-5-13(10-14,12(11)2)15-16-6-8-17-9-7-16/h11-12,15H,3-10,14H2,1-2H3. The van der Waals surface area contributed by atoms with Gasteiger partial charge in [-0.05, 0) is 18.3 Å². The van der Waals surface area contributed by atoms with Gasteiger partial charge in [0.15, 0.2) is 0 Å². The van der Waals surface area contributed by atoms with E-state index in [2.05, 4.69) is 24.3 Å². The van der Waals surface area contributed by atoms with Crippen molar-refractivity contribution < 1.29 is 4.74 Å². The summed E-state index contributed by atoms with van der Waals surface area (Å²) in [5.74, 6) is 1.41. The monoisotopic (exact) mass is 241 g/mol. The summed E-state index contributed by atoms with van der Waals surface area (Å²) in [6.07, 6.45) is 3.83. The normalized spacial score (nSPS) is 40.4. The van der Waals surface area contributed by atoms with Crippen molar-refractivity contribution >= 4 is 0 Å². The summed E-state index contributed by atoms with van der Waals surface area (Å²) in [5.41, 5.74) is 9.92. The average molecular weight is 241 g/mol. The summed E-state index contributed by atoms with van der Waals surface area (Å²) >= 11 is 0. The van der Waals surface area contributed by atoms with Crippen LogP contribution >= 0.6 is 0 Å². The molecule has 4 heteroatoms. The first-order chi connectivity index (χ1) is 8.18. The van der Waals surface area contributed by atoms with Crippen LogP contribution in [0.2, 0.25) is 0 Å². The third-order valence-corrected chi connectivity index (χ3v) is 4.76. The fraction of sp³-hybridized carbons (Fsp3) is 1.00. The molecule has 17 heavy (non-hydrogen) atoms. The highest BCUT2D eigenvalue weighted by atomic mass is 16.5. The van der Waals surface area contributed by atoms with Crippen molar-refractivity contribution in [1.29, 1.82) is 0 Å². The lowest BCUT2D eigenvalue weighted by atomic mass is 9.68. The maximum atomic E-state index is 6.09. The van der Waals surface area contributed by atoms with Gasteiger partial charge in [-0.15, -0.1) is 0 Å². The molecule has 100 valence electrons. The fourth-order valence-corrected chi connectivity index (χ4v) is 3.24. The van der Waals surface area contributed by atoms with Gasteiger partial charge in [-0.2, -0.15) is 0 Å². The van der Waals surface area contributed by atoms with Crippen LogP contribution in [0.25, 0.3) is 0 Å². The minimum Gasteiger partial charge on any atom is -0.379 e. The van der Waals surface area contributed by atoms with Gasteiger partial charge in [0, 0.05) is 25.2 Å². The minimum atomic E-state index is 0.106. The average Bonchev–Trinajstić information content (AvgIpc) is 2.36. The van der Waals surface area contributed by atoms with Crippen LogP contribution in [0.3, 0.4) is 0 Å². The van der Waals surface area contributed by atoms with Crippen molar-refractivity contribution in [3.8, 4) is 0 Å². The van der Waals surface area contributed by atoms with Crippen LogP contribution in [0.5, 0.6) is 0 Å². The Kier molecular flexibility index (Phi) is 4.42. The molecular weight excluding hydrogens is 214 g/mol. The molecule has 3 atom stereocenters. The zero-order valence-electron chi connectivity index (χ0n) is 11.2. The van der Waals surface area contributed by atoms with Crippen LogP contribution in [0.1, 0.15) is 33.1 Å². The van der Waals surface area contributed by atoms with Gasteiger partial charge in [-0.1, -0.05) is 26.7 Å². The molecule has 2 rings (SSSR count). The lowest BCUT2D eigenvalue weighted by molar-refractivity contribution is -0.0380. The third kappa shape index (κ3) is 2.81. The first-order valence-corrected chi connectivity index (χ1v) is 6.98. The number of nitrogens with one attached hydrogen (secondary N) is 1. The van der Waals surface area contributed by atoms with E-state index in [1.807, 2.05) is 0 Å². The number of ether oxygens (including phenoxy) is 1. The maximum absolute atomic E-state index is 6.09. The van der Waals surface area contributed by atoms with Crippen molar-refractivity contribution in [2.45, 2.75) is 38.6 Å². The Bertz CT molecular complexity index is 243. The fourth-order valence-electron chi connectivity index (χ4n) is 3.24. The molecule has 0 bridgehead atoms. The van der Waals surface area contributed by atoms with Gasteiger partial charge in [-0.3, -0.25) is 0 Å². The van der Waals surface area contributed by atoms with Crippen LogP contribution in [-0.4, -0.2) is 43.4 Å². The molecule has 2 aliphatic rings. The van der Waals surface area contributed by atoms with Gasteiger partial charge < -0.3 is 10.5 Å². The first kappa shape index (κ1) is 13.3. The van der Waals surface area contributed by atoms with Crippen molar-refractivity contribution in [2.24, 2.45) is 17.6 Å². The van der Waals surface area contributed by atoms with Crippen molar-refractivity contribution in [1.82, 2.24) is 10.4 Å². The molecule has 1 aliphatic heterocycles. The second-order valence-electron chi connectivity index (χ2n) is 5.73. The molecule has 1 aliphatic carbocycles. The molecule has 0 spiro atoms. The Balaban J connectivity index is 2.01. The third-order valence-electron chi connectivity index (χ3n) is 4.76. The number of nitrogens with zero attached hydrogens (tertiary/aromatic N) is 1. The van der Waals surface area contributed by atoms with E-state index < -0.39 is 0 Å². The maximum Gasteiger partial charge on any atom is 0.0608 e. The summed E-state index contributed by atoms with van der Waals surface area (Å²) in [5, 5.41) is 2.31. The van der Waals surface area contributed by atoms with Crippen LogP contribution in [-0.2, 0) is 4.74 Å². The molecule has 0 aromatic rings. The number of hydrazine groups is 1. The minimum absolute atomic E-state index is 0.106. The highest BCUT2D eigenvalue weighted by molar-refractivity contribution is 4.98. The predicted octanol–water partition coefficient (Wildman–Crippen LogP) is 0.977. The Hall–Kier alpha value is -0.160. The molecule has 0 aromatic carbocycles. The van der Waals surface area contributed by atoms with E-state index in [1.165, 1.54) is 19.3 Å². The summed E-state index contributed by atoms with van der Waals surface area (Å²) < 4.78 is 5.39. The summed E-state index contributed by atoms with van der Waals surface area (Å²) in [6.45, 7) is 9.05. The van der Waals surface area contributed by atoms with Gasteiger partial charge in [-0.25, -0.2) is 10.4 Å². The van der Waals surface area contributed by atoms with Gasteiger partial charge in [0.05, 0.1) is 13.2 Å². The number of hydrogen-bond acceptors (Lipinski definition) is 4. The molecule has 2 fully saturated rings. The van der Waals surface area contributed by atoms with E-state index in [9.17, 15) is 0 Å². The quantitative estimate of drug-likeness (QED) is 0.773. The van der Waals surface area contributed by atoms with Gasteiger partial charge >= 0.3 is 0 Å². The molecule has 0 radical (unpaired) electrons. The zero-order valence-corrected chi connectivity index (χ0v) is 11.2. The van der Waals surface area contributed by atoms with Gasteiger partial charge in [0.2, 0.25) is 0 Å². The van der Waals surface area contributed by atoms with Crippen LogP contribution in [0, 0.1) is 11.8 Å². The number of rotatable bonds is 3. The van der Waals surface area contributed by atoms with Crippen molar-refractivity contribution in [2.75, 3.05) is 32.8 Å². The first-order valence-electron chi connectivity index (χ1n) is 6.98. The van der Waals surface area contributed by atoms with E-state index in [-0.39, 0.29) is 5.54 Å². The van der Waals surface area contributed by atoms with Gasteiger partial charge in [0.25, 0.3) is 0 Å². The predicted molar refractivity (Wildman–Crippen MR) is 69.5 cm³/mol. The highest BCUT2D eigenvalue weighted by Crippen LogP contribution is 2.37. The Morgan fingerprint density at radius 1 is 1.35 bits per heavy atom. The second kappa shape index (κ2) is 5.65. The molecule has 1 saturated heterocycles. The topological polar surface area (TPSA) is 50.5 Å². The summed E-state index contributed by atoms with van der Waals surface area (Å²) in [7, 11) is 0. The number of hydrogen-bond donors (Lipinski definition) is 2. The highest BCUT2D eigenvalue weighted by Gasteiger charge is 2.41. The van der Waals surface area contributed by atoms with E-state index >= 15 is 0 Å². The van der Waals surface area contributed by atoms with E-state index in [0.717, 1.165) is 38.8 Å². The van der Waals surface area contributed by atoms with E-state index in [4.69, 9.17) is 10.5 Å². The van der Waals surface area contributed by atoms with E-state index in [1.54, 1.807) is 0 Å². The summed E-state index contributed by atoms with van der Waals surface area (Å²) in [6, 6.07) is 0. The smallest absolute Gasteiger partial charge is 0.0608 e. The van der Waals surface area contributed by atoms with Crippen molar-refractivity contribution in [3.05, 3.63) is 0 Å². The molecule has 0 amide bonds. The second-order valence-corrected chi connectivity index (χ2v) is 5.73. The molecule has 1 saturated carbocycles. The Labute approximate surface area is 105 Å². The Morgan fingerprint density at radius 2 is 2.06 bits per heavy atom. The molecule has 3 unspecified atom stereocenters. The molecular formula is C13H27N3O. The Morgan fingerprint density at radius 3 is 2.71 bits per heavy atom. The zero-order chi connectivity index (χ0) is 12.3. The van der Waals surface area contributed by atoms with E-state index in [0.29, 0.717) is 5.92 Å². The van der Waals surface area contributed by atoms with Crippen LogP contribution in [0.15, 0.2) is 0 Å². The van der Waals surface area contributed by atoms with Gasteiger partial charge in [0.1, 0.15) is 0 Å². The molecule has 3 N–H and O–H groups in total. The largest absolute Gasteiger partial charge is 0.379 e. The van der Waals surface area contributed by atoms with Crippen LogP contribution in [0.4, 0.5) is 0 Å². The van der Waals surface area contributed by atoms with Crippen molar-refractivity contribution in [3.63, 3.8) is 0 Å². The van der Waals surface area contributed by atoms with Crippen LogP contribution < -0.4 is 11.2 Å². The number of nitrogens with two attached hydrogens (primary N) is 1. The molecule has 4 nitrogen and oxygen atoms in total. The summed E-state index contributed by atoms with van der Waals surface area (Å²) in [4.78, 5) is 0. The lowest BCUT2D eigenvalue weighted by Gasteiger charge is -2.49. The number of morpholine rings is 1. The molecule has 1 heterocycles.